The summed E-state index contributed by atoms with van der Waals surface area (Å²) in [5.74, 6) is 0.459. The fourth-order valence-electron chi connectivity index (χ4n) is 2.57. The molecule has 21 heavy (non-hydrogen) atoms. The molecule has 0 aliphatic carbocycles. The Labute approximate surface area is 129 Å². The molecule has 1 heterocycles. The molecule has 0 radical (unpaired) electrons. The van der Waals surface area contributed by atoms with Crippen LogP contribution in [0.4, 0.5) is 0 Å². The minimum Gasteiger partial charge on any atom is -0.496 e. The zero-order valence-electron chi connectivity index (χ0n) is 12.4. The Balaban J connectivity index is 2.32. The molecule has 0 bridgehead atoms. The number of nitrogens with one attached hydrogen (secondary N) is 1. The summed E-state index contributed by atoms with van der Waals surface area (Å²) in [7, 11) is 1.57. The predicted octanol–water partition coefficient (Wildman–Crippen LogP) is 1.83. The maximum Gasteiger partial charge on any atom is 0.243 e. The van der Waals surface area contributed by atoms with Crippen LogP contribution < -0.4 is 10.1 Å². The molecule has 1 atom stereocenters. The monoisotopic (exact) mass is 310 g/mol. The maximum absolute atomic E-state index is 12.2. The highest BCUT2D eigenvalue weighted by Gasteiger charge is 2.36. The summed E-state index contributed by atoms with van der Waals surface area (Å²) in [6.07, 6.45) is 0. The van der Waals surface area contributed by atoms with E-state index in [0.717, 1.165) is 5.56 Å². The van der Waals surface area contributed by atoms with Crippen LogP contribution in [0.15, 0.2) is 18.2 Å². The number of piperazine rings is 1. The van der Waals surface area contributed by atoms with Crippen molar-refractivity contribution in [1.82, 2.24) is 10.2 Å². The molecule has 1 aromatic carbocycles. The summed E-state index contributed by atoms with van der Waals surface area (Å²) in [5.41, 5.74) is 0.790. The van der Waals surface area contributed by atoms with Crippen LogP contribution in [0.5, 0.6) is 5.75 Å². The molecule has 1 N–H and O–H groups in total. The van der Waals surface area contributed by atoms with Gasteiger partial charge in [0.15, 0.2) is 0 Å². The lowest BCUT2D eigenvalue weighted by Crippen LogP contribution is -2.59. The molecule has 1 aliphatic heterocycles. The third-order valence-corrected chi connectivity index (χ3v) is 3.79. The maximum atomic E-state index is 12.2. The Kier molecular flexibility index (Phi) is 4.73. The standard InChI is InChI=1S/C15H19ClN2O3/c1-9(2)14-15(20)17-7-13(19)18(14)8-10-6-11(16)4-5-12(10)21-3/h4-6,9,14H,7-8H2,1-3H3,(H,17,20). The Hall–Kier alpha value is -1.75. The average molecular weight is 311 g/mol. The molecule has 5 nitrogen and oxygen atoms in total. The Morgan fingerprint density at radius 3 is 2.76 bits per heavy atom. The summed E-state index contributed by atoms with van der Waals surface area (Å²) >= 11 is 6.02. The predicted molar refractivity (Wildman–Crippen MR) is 80.2 cm³/mol. The van der Waals surface area contributed by atoms with Crippen molar-refractivity contribution in [3.05, 3.63) is 28.8 Å². The van der Waals surface area contributed by atoms with E-state index in [0.29, 0.717) is 17.3 Å². The quantitative estimate of drug-likeness (QED) is 0.923. The second-order valence-electron chi connectivity index (χ2n) is 5.38. The number of methoxy groups -OCH3 is 1. The molecule has 0 saturated carbocycles. The van der Waals surface area contributed by atoms with Crippen molar-refractivity contribution in [2.45, 2.75) is 26.4 Å². The van der Waals surface area contributed by atoms with E-state index in [4.69, 9.17) is 16.3 Å². The van der Waals surface area contributed by atoms with Gasteiger partial charge >= 0.3 is 0 Å². The van der Waals surface area contributed by atoms with E-state index < -0.39 is 6.04 Å². The Morgan fingerprint density at radius 1 is 1.43 bits per heavy atom. The molecule has 1 aliphatic rings. The average Bonchev–Trinajstić information content (AvgIpc) is 2.43. The van der Waals surface area contributed by atoms with Crippen molar-refractivity contribution in [2.75, 3.05) is 13.7 Å². The van der Waals surface area contributed by atoms with Crippen molar-refractivity contribution in [2.24, 2.45) is 5.92 Å². The molecule has 2 amide bonds. The largest absolute Gasteiger partial charge is 0.496 e. The number of carbonyl (C=O) groups is 2. The molecule has 0 aromatic heterocycles. The van der Waals surface area contributed by atoms with Gasteiger partial charge in [0.05, 0.1) is 20.2 Å². The highest BCUT2D eigenvalue weighted by molar-refractivity contribution is 6.30. The van der Waals surface area contributed by atoms with Crippen LogP contribution in [-0.4, -0.2) is 36.4 Å². The summed E-state index contributed by atoms with van der Waals surface area (Å²) in [4.78, 5) is 25.8. The van der Waals surface area contributed by atoms with E-state index in [2.05, 4.69) is 5.32 Å². The van der Waals surface area contributed by atoms with Crippen LogP contribution in [0.1, 0.15) is 19.4 Å². The van der Waals surface area contributed by atoms with E-state index in [1.54, 1.807) is 30.2 Å². The molecule has 1 unspecified atom stereocenters. The molecule has 2 rings (SSSR count). The fraction of sp³-hybridized carbons (Fsp3) is 0.467. The first-order valence-electron chi connectivity index (χ1n) is 6.83. The van der Waals surface area contributed by atoms with E-state index >= 15 is 0 Å². The third-order valence-electron chi connectivity index (χ3n) is 3.55. The van der Waals surface area contributed by atoms with Gasteiger partial charge in [-0.15, -0.1) is 0 Å². The van der Waals surface area contributed by atoms with Crippen LogP contribution in [0.3, 0.4) is 0 Å². The SMILES string of the molecule is COc1ccc(Cl)cc1CN1C(=O)CNC(=O)C1C(C)C. The summed E-state index contributed by atoms with van der Waals surface area (Å²) in [5, 5.41) is 3.20. The molecular weight excluding hydrogens is 292 g/mol. The number of amides is 2. The van der Waals surface area contributed by atoms with Crippen LogP contribution >= 0.6 is 11.6 Å². The molecule has 0 spiro atoms. The summed E-state index contributed by atoms with van der Waals surface area (Å²) in [6, 6.07) is 4.78. The van der Waals surface area contributed by atoms with Crippen molar-refractivity contribution in [1.29, 1.82) is 0 Å². The molecular formula is C15H19ClN2O3. The van der Waals surface area contributed by atoms with Gasteiger partial charge in [-0.2, -0.15) is 0 Å². The normalized spacial score (nSPS) is 18.9. The lowest BCUT2D eigenvalue weighted by Gasteiger charge is -2.37. The Morgan fingerprint density at radius 2 is 2.14 bits per heavy atom. The first kappa shape index (κ1) is 15.6. The summed E-state index contributed by atoms with van der Waals surface area (Å²) < 4.78 is 5.30. The number of hydrogen-bond donors (Lipinski definition) is 1. The van der Waals surface area contributed by atoms with Crippen LogP contribution in [0.2, 0.25) is 5.02 Å². The topological polar surface area (TPSA) is 58.6 Å². The van der Waals surface area contributed by atoms with Crippen LogP contribution in [0, 0.1) is 5.92 Å². The molecule has 114 valence electrons. The first-order chi connectivity index (χ1) is 9.93. The minimum absolute atomic E-state index is 0.0272. The number of carbonyl (C=O) groups excluding carboxylic acids is 2. The molecule has 6 heteroatoms. The second kappa shape index (κ2) is 6.35. The van der Waals surface area contributed by atoms with Crippen molar-refractivity contribution in [3.63, 3.8) is 0 Å². The van der Waals surface area contributed by atoms with Crippen molar-refractivity contribution < 1.29 is 14.3 Å². The lowest BCUT2D eigenvalue weighted by molar-refractivity contribution is -0.148. The molecule has 1 fully saturated rings. The van der Waals surface area contributed by atoms with E-state index in [1.807, 2.05) is 13.8 Å². The van der Waals surface area contributed by atoms with E-state index in [1.165, 1.54) is 0 Å². The fourth-order valence-corrected chi connectivity index (χ4v) is 2.76. The van der Waals surface area contributed by atoms with Gasteiger partial charge in [-0.25, -0.2) is 0 Å². The number of ether oxygens (including phenoxy) is 1. The van der Waals surface area contributed by atoms with E-state index in [9.17, 15) is 9.59 Å². The zero-order chi connectivity index (χ0) is 15.6. The van der Waals surface area contributed by atoms with Gasteiger partial charge in [0.1, 0.15) is 11.8 Å². The smallest absolute Gasteiger partial charge is 0.243 e. The second-order valence-corrected chi connectivity index (χ2v) is 5.82. The number of hydrogen-bond acceptors (Lipinski definition) is 3. The minimum atomic E-state index is -0.477. The number of rotatable bonds is 4. The van der Waals surface area contributed by atoms with Crippen molar-refractivity contribution in [3.8, 4) is 5.75 Å². The van der Waals surface area contributed by atoms with Gasteiger partial charge < -0.3 is 15.0 Å². The van der Waals surface area contributed by atoms with Gasteiger partial charge in [-0.1, -0.05) is 25.4 Å². The van der Waals surface area contributed by atoms with Gasteiger partial charge in [0, 0.05) is 10.6 Å². The number of nitrogens with zero attached hydrogens (tertiary/aromatic N) is 1. The number of benzene rings is 1. The Bertz CT molecular complexity index is 560. The summed E-state index contributed by atoms with van der Waals surface area (Å²) in [6.45, 7) is 4.18. The van der Waals surface area contributed by atoms with Crippen LogP contribution in [0.25, 0.3) is 0 Å². The van der Waals surface area contributed by atoms with Gasteiger partial charge in [0.2, 0.25) is 11.8 Å². The van der Waals surface area contributed by atoms with Gasteiger partial charge in [0.25, 0.3) is 0 Å². The van der Waals surface area contributed by atoms with Crippen LogP contribution in [-0.2, 0) is 16.1 Å². The number of halogens is 1. The lowest BCUT2D eigenvalue weighted by atomic mass is 9.98. The van der Waals surface area contributed by atoms with E-state index in [-0.39, 0.29) is 24.3 Å². The first-order valence-corrected chi connectivity index (χ1v) is 7.21. The third kappa shape index (κ3) is 3.29. The molecule has 1 saturated heterocycles. The highest BCUT2D eigenvalue weighted by atomic mass is 35.5. The van der Waals surface area contributed by atoms with Crippen molar-refractivity contribution >= 4 is 23.4 Å². The zero-order valence-corrected chi connectivity index (χ0v) is 13.1. The highest BCUT2D eigenvalue weighted by Crippen LogP contribution is 2.26. The van der Waals surface area contributed by atoms with Gasteiger partial charge in [-0.3, -0.25) is 9.59 Å². The molecule has 1 aromatic rings. The van der Waals surface area contributed by atoms with Gasteiger partial charge in [-0.05, 0) is 24.1 Å².